The van der Waals surface area contributed by atoms with Gasteiger partial charge in [-0.25, -0.2) is 4.98 Å². The Kier molecular flexibility index (Phi) is 3.84. The van der Waals surface area contributed by atoms with Crippen LogP contribution in [0.4, 0.5) is 5.69 Å². The van der Waals surface area contributed by atoms with E-state index < -0.39 is 0 Å². The third-order valence-corrected chi connectivity index (χ3v) is 4.67. The third-order valence-electron chi connectivity index (χ3n) is 4.67. The van der Waals surface area contributed by atoms with Crippen LogP contribution >= 0.6 is 0 Å². The number of benzene rings is 2. The van der Waals surface area contributed by atoms with Gasteiger partial charge in [-0.3, -0.25) is 9.59 Å². The van der Waals surface area contributed by atoms with E-state index in [0.29, 0.717) is 29.7 Å². The lowest BCUT2D eigenvalue weighted by Crippen LogP contribution is -2.30. The molecule has 1 N–H and O–H groups in total. The zero-order valence-electron chi connectivity index (χ0n) is 14.0. The predicted molar refractivity (Wildman–Crippen MR) is 97.9 cm³/mol. The van der Waals surface area contributed by atoms with Crippen molar-refractivity contribution in [1.29, 1.82) is 0 Å². The number of amides is 1. The first-order chi connectivity index (χ1) is 12.2. The quantitative estimate of drug-likeness (QED) is 0.798. The summed E-state index contributed by atoms with van der Waals surface area (Å²) in [5, 5.41) is 0.567. The monoisotopic (exact) mass is 333 g/mol. The molecule has 126 valence electrons. The molecule has 2 heterocycles. The number of fused-ring (bicyclic) bond motifs is 2. The van der Waals surface area contributed by atoms with Crippen LogP contribution in [-0.4, -0.2) is 22.4 Å². The number of rotatable bonds is 4. The van der Waals surface area contributed by atoms with Gasteiger partial charge in [-0.2, -0.15) is 0 Å². The Morgan fingerprint density at radius 3 is 2.68 bits per heavy atom. The van der Waals surface area contributed by atoms with E-state index in [0.717, 1.165) is 17.7 Å². The van der Waals surface area contributed by atoms with Gasteiger partial charge in [0, 0.05) is 18.7 Å². The van der Waals surface area contributed by atoms with Gasteiger partial charge in [0.2, 0.25) is 5.91 Å². The van der Waals surface area contributed by atoms with E-state index in [1.807, 2.05) is 47.4 Å². The molecule has 0 radical (unpaired) electrons. The summed E-state index contributed by atoms with van der Waals surface area (Å²) < 4.78 is 0. The van der Waals surface area contributed by atoms with Crippen LogP contribution in [0.1, 0.15) is 30.7 Å². The maximum absolute atomic E-state index is 12.9. The maximum atomic E-state index is 12.9. The Hall–Kier alpha value is -2.95. The molecule has 0 saturated carbocycles. The fraction of sp³-hybridized carbons (Fsp3) is 0.250. The zero-order chi connectivity index (χ0) is 17.4. The molecule has 1 aliphatic rings. The lowest BCUT2D eigenvalue weighted by atomic mass is 9.97. The van der Waals surface area contributed by atoms with Crippen LogP contribution in [-0.2, 0) is 11.2 Å². The van der Waals surface area contributed by atoms with Gasteiger partial charge >= 0.3 is 0 Å². The molecule has 0 bridgehead atoms. The molecule has 5 nitrogen and oxygen atoms in total. The highest BCUT2D eigenvalue weighted by atomic mass is 16.2. The molecule has 0 spiro atoms. The number of hydrogen-bond acceptors (Lipinski definition) is 3. The second-order valence-corrected chi connectivity index (χ2v) is 6.34. The largest absolute Gasteiger partial charge is 0.312 e. The minimum atomic E-state index is -0.299. The predicted octanol–water partition coefficient (Wildman–Crippen LogP) is 3.01. The van der Waals surface area contributed by atoms with E-state index in [4.69, 9.17) is 0 Å². The highest BCUT2D eigenvalue weighted by Gasteiger charge is 2.36. The number of carbonyl (C=O) groups excluding carboxylic acids is 1. The van der Waals surface area contributed by atoms with Crippen LogP contribution in [0.3, 0.4) is 0 Å². The van der Waals surface area contributed by atoms with Crippen LogP contribution in [0.15, 0.2) is 53.3 Å². The van der Waals surface area contributed by atoms with Gasteiger partial charge in [0.25, 0.3) is 5.56 Å². The summed E-state index contributed by atoms with van der Waals surface area (Å²) >= 11 is 0. The summed E-state index contributed by atoms with van der Waals surface area (Å²) in [7, 11) is 0. The zero-order valence-corrected chi connectivity index (χ0v) is 14.0. The lowest BCUT2D eigenvalue weighted by molar-refractivity contribution is -0.119. The first kappa shape index (κ1) is 15.6. The number of anilines is 1. The molecule has 3 aromatic rings. The van der Waals surface area contributed by atoms with Crippen LogP contribution in [0.5, 0.6) is 0 Å². The van der Waals surface area contributed by atoms with Crippen molar-refractivity contribution in [2.24, 2.45) is 0 Å². The molecule has 25 heavy (non-hydrogen) atoms. The Labute approximate surface area is 145 Å². The third kappa shape index (κ3) is 2.61. The average molecular weight is 333 g/mol. The minimum Gasteiger partial charge on any atom is -0.312 e. The van der Waals surface area contributed by atoms with Gasteiger partial charge in [0.05, 0.1) is 16.8 Å². The Morgan fingerprint density at radius 2 is 1.84 bits per heavy atom. The van der Waals surface area contributed by atoms with Crippen molar-refractivity contribution in [1.82, 2.24) is 9.97 Å². The number of aromatic amines is 1. The highest BCUT2D eigenvalue weighted by molar-refractivity contribution is 6.05. The molecule has 2 aromatic carbocycles. The number of nitrogens with zero attached hydrogens (tertiary/aromatic N) is 2. The summed E-state index contributed by atoms with van der Waals surface area (Å²) in [5.74, 6) is 0.334. The molecule has 0 unspecified atom stereocenters. The average Bonchev–Trinajstić information content (AvgIpc) is 2.88. The van der Waals surface area contributed by atoms with Crippen molar-refractivity contribution in [3.8, 4) is 0 Å². The molecule has 1 amide bonds. The number of aromatic nitrogens is 2. The van der Waals surface area contributed by atoms with Crippen molar-refractivity contribution in [3.63, 3.8) is 0 Å². The molecule has 5 heteroatoms. The lowest BCUT2D eigenvalue weighted by Gasteiger charge is -2.16. The molecule has 0 saturated heterocycles. The summed E-state index contributed by atoms with van der Waals surface area (Å²) in [6.07, 6.45) is 1.30. The van der Waals surface area contributed by atoms with Gasteiger partial charge in [-0.15, -0.1) is 0 Å². The van der Waals surface area contributed by atoms with Gasteiger partial charge in [-0.1, -0.05) is 37.3 Å². The fourth-order valence-corrected chi connectivity index (χ4v) is 3.54. The minimum absolute atomic E-state index is 0.0823. The van der Waals surface area contributed by atoms with Crippen molar-refractivity contribution in [3.05, 3.63) is 70.3 Å². The van der Waals surface area contributed by atoms with E-state index in [1.165, 1.54) is 0 Å². The normalized spacial score (nSPS) is 16.4. The van der Waals surface area contributed by atoms with Gasteiger partial charge in [0.1, 0.15) is 5.82 Å². The maximum Gasteiger partial charge on any atom is 0.258 e. The van der Waals surface area contributed by atoms with Crippen LogP contribution in [0.2, 0.25) is 0 Å². The van der Waals surface area contributed by atoms with E-state index >= 15 is 0 Å². The number of para-hydroxylation sites is 2. The van der Waals surface area contributed by atoms with E-state index in [9.17, 15) is 9.59 Å². The van der Waals surface area contributed by atoms with Crippen LogP contribution in [0, 0.1) is 0 Å². The van der Waals surface area contributed by atoms with Crippen LogP contribution < -0.4 is 10.5 Å². The Morgan fingerprint density at radius 1 is 1.08 bits per heavy atom. The van der Waals surface area contributed by atoms with Crippen molar-refractivity contribution >= 4 is 22.5 Å². The number of nitrogens with one attached hydrogen (secondary N) is 1. The summed E-state index contributed by atoms with van der Waals surface area (Å²) in [4.78, 5) is 34.4. The standard InChI is InChI=1S/C20H19N3O2/c1-2-11-23-17-10-6-4-7-13(17)15(20(23)25)12-18-21-16-9-5-3-8-14(16)19(24)22-18/h3-10,15H,2,11-12H2,1H3,(H,21,22,24)/t15-/m1/s1. The summed E-state index contributed by atoms with van der Waals surface area (Å²) in [6, 6.07) is 15.1. The van der Waals surface area contributed by atoms with Gasteiger partial charge in [0.15, 0.2) is 0 Å². The first-order valence-electron chi connectivity index (χ1n) is 8.57. The Balaban J connectivity index is 1.73. The molecule has 1 aliphatic heterocycles. The molecule has 0 aliphatic carbocycles. The molecule has 1 aromatic heterocycles. The number of H-pyrrole nitrogens is 1. The molecule has 0 fully saturated rings. The SMILES string of the molecule is CCCN1C(=O)[C@H](Cc2nc3ccccc3c(=O)[nH]2)c2ccccc21. The molecule has 1 atom stereocenters. The second kappa shape index (κ2) is 6.16. The van der Waals surface area contributed by atoms with Gasteiger partial charge in [-0.05, 0) is 30.2 Å². The van der Waals surface area contributed by atoms with E-state index in [1.54, 1.807) is 6.07 Å². The van der Waals surface area contributed by atoms with Crippen LogP contribution in [0.25, 0.3) is 10.9 Å². The number of carbonyl (C=O) groups is 1. The van der Waals surface area contributed by atoms with Gasteiger partial charge < -0.3 is 9.88 Å². The fourth-order valence-electron chi connectivity index (χ4n) is 3.54. The topological polar surface area (TPSA) is 66.1 Å². The summed E-state index contributed by atoms with van der Waals surface area (Å²) in [6.45, 7) is 2.76. The first-order valence-corrected chi connectivity index (χ1v) is 8.57. The second-order valence-electron chi connectivity index (χ2n) is 6.34. The van der Waals surface area contributed by atoms with Crippen molar-refractivity contribution in [2.45, 2.75) is 25.7 Å². The van der Waals surface area contributed by atoms with E-state index in [2.05, 4.69) is 16.9 Å². The number of hydrogen-bond donors (Lipinski definition) is 1. The smallest absolute Gasteiger partial charge is 0.258 e. The molecular weight excluding hydrogens is 314 g/mol. The summed E-state index contributed by atoms with van der Waals surface area (Å²) in [5.41, 5.74) is 2.48. The van der Waals surface area contributed by atoms with Crippen molar-refractivity contribution < 1.29 is 4.79 Å². The Bertz CT molecular complexity index is 1010. The van der Waals surface area contributed by atoms with Crippen molar-refractivity contribution in [2.75, 3.05) is 11.4 Å². The van der Waals surface area contributed by atoms with E-state index in [-0.39, 0.29) is 17.4 Å². The highest BCUT2D eigenvalue weighted by Crippen LogP contribution is 2.38. The molecule has 4 rings (SSSR count). The molecular formula is C20H19N3O2.